The van der Waals surface area contributed by atoms with Crippen molar-refractivity contribution in [1.29, 1.82) is 0 Å². The van der Waals surface area contributed by atoms with Gasteiger partial charge in [0.15, 0.2) is 0 Å². The van der Waals surface area contributed by atoms with Crippen molar-refractivity contribution < 1.29 is 111 Å². The number of hydrogen-bond donors (Lipinski definition) is 1. The molecule has 14 nitrogen and oxygen atoms in total. The van der Waals surface area contributed by atoms with Crippen molar-refractivity contribution >= 4 is 72.0 Å². The molecule has 0 amide bonds. The Balaban J connectivity index is -0.000000344. The zero-order valence-corrected chi connectivity index (χ0v) is 97.7. The van der Waals surface area contributed by atoms with Crippen LogP contribution in [0.4, 0.5) is 0 Å². The van der Waals surface area contributed by atoms with Crippen LogP contribution in [-0.4, -0.2) is 168 Å². The van der Waals surface area contributed by atoms with Gasteiger partial charge in [-0.05, 0) is 116 Å². The maximum atomic E-state index is 10.1. The van der Waals surface area contributed by atoms with Crippen molar-refractivity contribution in [3.63, 3.8) is 0 Å². The molecule has 126 heavy (non-hydrogen) atoms. The number of alkyl halides is 2. The molecule has 0 atom stereocenters. The Kier molecular flexibility index (Phi) is 119. The molecule has 0 aromatic heterocycles. The molecule has 760 valence electrons. The summed E-state index contributed by atoms with van der Waals surface area (Å²) in [5.74, 6) is 0. The van der Waals surface area contributed by atoms with E-state index < -0.39 is 40.1 Å². The quantitative estimate of drug-likeness (QED) is 0.0266. The fraction of sp³-hybridized carbons (Fsp3) is 1.00. The van der Waals surface area contributed by atoms with E-state index in [0.717, 1.165) is 5.33 Å². The zero-order valence-electron chi connectivity index (χ0n) is 86.5. The molecule has 0 aliphatic carbocycles. The van der Waals surface area contributed by atoms with Crippen molar-refractivity contribution in [2.45, 2.75) is 549 Å². The van der Waals surface area contributed by atoms with Gasteiger partial charge in [-0.15, -0.1) is 0 Å². The average molecular weight is 2090 g/mol. The maximum Gasteiger partial charge on any atom is 1.00 e. The molecular formula is C104H220Br3KN6O8S4. The van der Waals surface area contributed by atoms with Crippen molar-refractivity contribution in [3.05, 3.63) is 8.25 Å². The number of rotatable bonds is 79. The SMILES string of the molecule is C1CCNC1.CCCCBr.CCCCCCCCCCCCCCCCCCBr.CCCCCCCCCCCCCCCCCCN1CCCC1.CCCCCCCCCCCCCCCCCC[N+]1(CCCC)CCCC1.CCCCCCCCCCCCCCCCCC[N+]1(CCCC)CCCC1.CS(=O)(=O)[N-]S(C)(=O)=O.CS(=O)(=O)[N-]S(C)(=O)=O.[Br-].[K+]. The first kappa shape index (κ1) is 139. The van der Waals surface area contributed by atoms with Gasteiger partial charge in [0, 0.05) is 61.4 Å². The predicted molar refractivity (Wildman–Crippen MR) is 562 cm³/mol. The van der Waals surface area contributed by atoms with Gasteiger partial charge in [0.25, 0.3) is 0 Å². The largest absolute Gasteiger partial charge is 1.00 e. The van der Waals surface area contributed by atoms with E-state index in [1.807, 2.05) is 0 Å². The van der Waals surface area contributed by atoms with Gasteiger partial charge in [0.2, 0.25) is 0 Å². The Bertz CT molecular complexity index is 2330. The Morgan fingerprint density at radius 2 is 0.413 bits per heavy atom. The second kappa shape index (κ2) is 108. The molecule has 22 heteroatoms. The molecule has 4 aliphatic heterocycles. The van der Waals surface area contributed by atoms with Crippen LogP contribution in [0.25, 0.3) is 8.25 Å². The zero-order chi connectivity index (χ0) is 92.5. The first-order valence-corrected chi connectivity index (χ1v) is 64.0. The molecule has 4 aliphatic rings. The molecule has 4 fully saturated rings. The van der Waals surface area contributed by atoms with E-state index in [0.29, 0.717) is 25.0 Å². The Hall–Kier alpha value is 2.64. The molecule has 0 saturated carbocycles. The molecule has 0 aromatic carbocycles. The van der Waals surface area contributed by atoms with E-state index in [4.69, 9.17) is 0 Å². The van der Waals surface area contributed by atoms with Crippen LogP contribution in [0, 0.1) is 0 Å². The number of halogens is 3. The summed E-state index contributed by atoms with van der Waals surface area (Å²) < 4.78 is 88.7. The summed E-state index contributed by atoms with van der Waals surface area (Å²) in [6.07, 6.45) is 117. The van der Waals surface area contributed by atoms with Crippen molar-refractivity contribution in [3.8, 4) is 0 Å². The molecule has 4 saturated heterocycles. The number of sulfonamides is 4. The number of likely N-dealkylation sites (tertiary alicyclic amines) is 3. The molecular weight excluding hydrogens is 1870 g/mol. The summed E-state index contributed by atoms with van der Waals surface area (Å²) in [5, 5.41) is 5.56. The van der Waals surface area contributed by atoms with E-state index in [-0.39, 0.29) is 68.4 Å². The standard InChI is InChI=1S/2C26H54N.C22H45N.C18H37Br.C4H9Br.C4H9N.2C2H6NO4S2.BrH.K/c2*1-3-5-7-8-9-10-11-12-13-14-15-16-17-18-19-20-24-27(23-6-4-2)25-21-22-26-27;1-2-3-4-5-6-7-8-9-10-11-12-13-14-15-16-17-20-23-21-18-19-22-23;1-2-3-4-5-6-7-8-9-10-11-12-13-14-15-16-17-18-19;1-2-3-4-5;1-2-4-5-3-1;2*1-8(4,5)3-9(2,6)7;;/h2*3-26H2,1-2H3;2-22H2,1H3;2-18H2,1H3;2-4H2,1H3;5H,1-4H2;2*1-2H3;1H;/q2*+1;;;;;2*-1;;+1/p-1. The summed E-state index contributed by atoms with van der Waals surface area (Å²) in [4.78, 5) is 2.66. The van der Waals surface area contributed by atoms with E-state index in [1.165, 1.54) is 600 Å². The number of nitrogens with one attached hydrogen (secondary N) is 1. The third-order valence-electron chi connectivity index (χ3n) is 25.5. The third kappa shape index (κ3) is 121. The Morgan fingerprint density at radius 3 is 0.571 bits per heavy atom. The van der Waals surface area contributed by atoms with Crippen LogP contribution in [0.15, 0.2) is 0 Å². The van der Waals surface area contributed by atoms with Crippen LogP contribution in [0.5, 0.6) is 0 Å². The molecule has 4 rings (SSSR count). The summed E-state index contributed by atoms with van der Waals surface area (Å²) in [7, 11) is -15.0. The monoisotopic (exact) mass is 2090 g/mol. The van der Waals surface area contributed by atoms with Gasteiger partial charge in [-0.3, -0.25) is 0 Å². The number of nitrogens with zero attached hydrogens (tertiary/aromatic N) is 5. The topological polar surface area (TPSA) is 180 Å². The minimum atomic E-state index is -3.74. The fourth-order valence-corrected chi connectivity index (χ4v) is 22.8. The molecule has 0 aromatic rings. The van der Waals surface area contributed by atoms with Crippen LogP contribution in [-0.2, 0) is 40.1 Å². The van der Waals surface area contributed by atoms with Gasteiger partial charge in [0.05, 0.1) is 92.5 Å². The van der Waals surface area contributed by atoms with Crippen molar-refractivity contribution in [2.75, 3.05) is 121 Å². The first-order valence-electron chi connectivity index (χ1n) is 54.4. The molecule has 4 heterocycles. The molecule has 0 unspecified atom stereocenters. The number of hydrogen-bond acceptors (Lipinski definition) is 10. The molecule has 1 N–H and O–H groups in total. The van der Waals surface area contributed by atoms with Crippen molar-refractivity contribution in [1.82, 2.24) is 10.2 Å². The number of quaternary nitrogens is 2. The van der Waals surface area contributed by atoms with E-state index >= 15 is 0 Å². The predicted octanol–water partition coefficient (Wildman–Crippen LogP) is 27.4. The van der Waals surface area contributed by atoms with Crippen molar-refractivity contribution in [2.24, 2.45) is 0 Å². The Morgan fingerprint density at radius 1 is 0.238 bits per heavy atom. The van der Waals surface area contributed by atoms with Gasteiger partial charge in [-0.25, -0.2) is 33.7 Å². The second-order valence-electron chi connectivity index (χ2n) is 38.6. The second-order valence-corrected chi connectivity index (χ2v) is 47.3. The minimum absolute atomic E-state index is 0. The smallest absolute Gasteiger partial charge is 1.00 e. The van der Waals surface area contributed by atoms with Gasteiger partial charge >= 0.3 is 51.4 Å². The molecule has 0 spiro atoms. The van der Waals surface area contributed by atoms with Crippen LogP contribution >= 0.6 is 31.9 Å². The average Bonchev–Trinajstić information content (AvgIpc) is 1.73. The van der Waals surface area contributed by atoms with Gasteiger partial charge < -0.3 is 44.4 Å². The van der Waals surface area contributed by atoms with E-state index in [2.05, 4.69) is 98.8 Å². The van der Waals surface area contributed by atoms with E-state index in [1.54, 1.807) is 0 Å². The van der Waals surface area contributed by atoms with Gasteiger partial charge in [-0.1, -0.05) is 472 Å². The minimum Gasteiger partial charge on any atom is -1.00 e. The van der Waals surface area contributed by atoms with Gasteiger partial charge in [0.1, 0.15) is 0 Å². The van der Waals surface area contributed by atoms with Crippen LogP contribution in [0.1, 0.15) is 549 Å². The maximum absolute atomic E-state index is 10.1. The third-order valence-corrected chi connectivity index (χ3v) is 30.9. The Labute approximate surface area is 862 Å². The normalized spacial score (nSPS) is 14.7. The number of unbranched alkanes of at least 4 members (excludes halogenated alkanes) is 63. The van der Waals surface area contributed by atoms with E-state index in [9.17, 15) is 33.7 Å². The summed E-state index contributed by atoms with van der Waals surface area (Å²) in [5.41, 5.74) is 0. The first-order chi connectivity index (χ1) is 59.8. The van der Waals surface area contributed by atoms with Gasteiger partial charge in [-0.2, -0.15) is 0 Å². The summed E-state index contributed by atoms with van der Waals surface area (Å²) >= 11 is 6.80. The van der Waals surface area contributed by atoms with Crippen LogP contribution in [0.2, 0.25) is 0 Å². The molecule has 0 radical (unpaired) electrons. The summed E-state index contributed by atoms with van der Waals surface area (Å²) in [6, 6.07) is 0. The van der Waals surface area contributed by atoms with Crippen LogP contribution < -0.4 is 73.7 Å². The fourth-order valence-electron chi connectivity index (χ4n) is 17.9. The summed E-state index contributed by atoms with van der Waals surface area (Å²) in [6.45, 7) is 34.5. The van der Waals surface area contributed by atoms with Crippen LogP contribution in [0.3, 0.4) is 0 Å². The molecule has 0 bridgehead atoms.